The molecule has 152 valence electrons. The molecule has 1 amide bonds. The van der Waals surface area contributed by atoms with Gasteiger partial charge in [-0.05, 0) is 58.5 Å². The molecule has 1 atom stereocenters. The van der Waals surface area contributed by atoms with Crippen LogP contribution in [0.1, 0.15) is 26.8 Å². The van der Waals surface area contributed by atoms with Crippen LogP contribution in [0.2, 0.25) is 0 Å². The van der Waals surface area contributed by atoms with Crippen LogP contribution in [-0.2, 0) is 11.3 Å². The summed E-state index contributed by atoms with van der Waals surface area (Å²) < 4.78 is 1.73. The first-order valence-electron chi connectivity index (χ1n) is 9.48. The Morgan fingerprint density at radius 3 is 2.73 bits per heavy atom. The van der Waals surface area contributed by atoms with E-state index in [1.54, 1.807) is 16.0 Å². The molecule has 2 aromatic heterocycles. The van der Waals surface area contributed by atoms with Crippen molar-refractivity contribution in [2.45, 2.75) is 30.8 Å². The van der Waals surface area contributed by atoms with Crippen LogP contribution in [0.4, 0.5) is 5.69 Å². The van der Waals surface area contributed by atoms with E-state index in [-0.39, 0.29) is 5.91 Å². The molecule has 1 N–H and O–H groups in total. The van der Waals surface area contributed by atoms with Gasteiger partial charge in [0.1, 0.15) is 5.25 Å². The molecule has 4 rings (SSSR count). The average Bonchev–Trinajstić information content (AvgIpc) is 3.42. The van der Waals surface area contributed by atoms with Crippen molar-refractivity contribution in [1.29, 1.82) is 0 Å². The molecule has 0 radical (unpaired) electrons. The van der Waals surface area contributed by atoms with Crippen LogP contribution in [0.5, 0.6) is 0 Å². The summed E-state index contributed by atoms with van der Waals surface area (Å²) >= 11 is 3.01. The average molecular weight is 436 g/mol. The van der Waals surface area contributed by atoms with Crippen molar-refractivity contribution in [3.05, 3.63) is 87.6 Å². The molecule has 8 heteroatoms. The SMILES string of the molecule is Cc1ccc(C)c(NC(=O)[C@H](Sc2nnnn2Cc2cccs2)c2ccccc2)c1. The molecule has 2 aromatic carbocycles. The number of hydrogen-bond donors (Lipinski definition) is 1. The fraction of sp³-hybridized carbons (Fsp3) is 0.182. The van der Waals surface area contributed by atoms with E-state index in [2.05, 4.69) is 20.8 Å². The van der Waals surface area contributed by atoms with Gasteiger partial charge in [-0.15, -0.1) is 16.4 Å². The second kappa shape index (κ2) is 9.23. The van der Waals surface area contributed by atoms with Crippen LogP contribution in [0.15, 0.2) is 71.2 Å². The van der Waals surface area contributed by atoms with Gasteiger partial charge in [0.25, 0.3) is 0 Å². The molecule has 30 heavy (non-hydrogen) atoms. The number of aryl methyl sites for hydroxylation is 2. The van der Waals surface area contributed by atoms with E-state index in [0.29, 0.717) is 11.7 Å². The highest BCUT2D eigenvalue weighted by Gasteiger charge is 2.25. The Morgan fingerprint density at radius 2 is 1.97 bits per heavy atom. The summed E-state index contributed by atoms with van der Waals surface area (Å²) in [5.74, 6) is -0.106. The Labute approximate surface area is 183 Å². The lowest BCUT2D eigenvalue weighted by molar-refractivity contribution is -0.115. The minimum Gasteiger partial charge on any atom is -0.325 e. The number of amides is 1. The van der Waals surface area contributed by atoms with Gasteiger partial charge in [0, 0.05) is 10.6 Å². The molecule has 0 aliphatic heterocycles. The first-order valence-corrected chi connectivity index (χ1v) is 11.2. The van der Waals surface area contributed by atoms with Gasteiger partial charge < -0.3 is 5.32 Å². The van der Waals surface area contributed by atoms with Gasteiger partial charge in [-0.25, -0.2) is 4.68 Å². The van der Waals surface area contributed by atoms with E-state index < -0.39 is 5.25 Å². The first kappa shape index (κ1) is 20.3. The molecule has 0 fully saturated rings. The molecule has 2 heterocycles. The number of thioether (sulfide) groups is 1. The van der Waals surface area contributed by atoms with Gasteiger partial charge in [0.2, 0.25) is 11.1 Å². The Kier molecular flexibility index (Phi) is 6.25. The van der Waals surface area contributed by atoms with Gasteiger partial charge in [-0.1, -0.05) is 60.3 Å². The summed E-state index contributed by atoms with van der Waals surface area (Å²) in [6.45, 7) is 4.58. The maximum Gasteiger partial charge on any atom is 0.242 e. The van der Waals surface area contributed by atoms with Crippen molar-refractivity contribution in [3.8, 4) is 0 Å². The number of tetrazole rings is 1. The maximum atomic E-state index is 13.3. The third-order valence-corrected chi connectivity index (χ3v) is 6.69. The number of carbonyl (C=O) groups excluding carboxylic acids is 1. The highest BCUT2D eigenvalue weighted by molar-refractivity contribution is 8.00. The number of thiophene rings is 1. The van der Waals surface area contributed by atoms with Crippen LogP contribution in [0.3, 0.4) is 0 Å². The molecule has 0 saturated carbocycles. The van der Waals surface area contributed by atoms with E-state index in [4.69, 9.17) is 0 Å². The van der Waals surface area contributed by atoms with Crippen molar-refractivity contribution < 1.29 is 4.79 Å². The first-order chi connectivity index (χ1) is 14.6. The monoisotopic (exact) mass is 435 g/mol. The Hall–Kier alpha value is -2.97. The molecule has 4 aromatic rings. The summed E-state index contributed by atoms with van der Waals surface area (Å²) in [6, 6.07) is 19.8. The molecule has 0 aliphatic carbocycles. The number of anilines is 1. The molecular weight excluding hydrogens is 414 g/mol. The minimum atomic E-state index is -0.487. The molecule has 6 nitrogen and oxygen atoms in total. The van der Waals surface area contributed by atoms with Crippen molar-refractivity contribution >= 4 is 34.7 Å². The lowest BCUT2D eigenvalue weighted by Crippen LogP contribution is -2.20. The van der Waals surface area contributed by atoms with Crippen molar-refractivity contribution in [3.63, 3.8) is 0 Å². The normalized spacial score (nSPS) is 11.9. The van der Waals surface area contributed by atoms with Crippen molar-refractivity contribution in [1.82, 2.24) is 20.2 Å². The maximum absolute atomic E-state index is 13.3. The zero-order valence-corrected chi connectivity index (χ0v) is 18.3. The Balaban J connectivity index is 1.61. The molecule has 0 unspecified atom stereocenters. The number of nitrogens with one attached hydrogen (secondary N) is 1. The van der Waals surface area contributed by atoms with Gasteiger partial charge in [-0.2, -0.15) is 0 Å². The number of nitrogens with zero attached hydrogens (tertiary/aromatic N) is 4. The number of hydrogen-bond acceptors (Lipinski definition) is 6. The van der Waals surface area contributed by atoms with Crippen LogP contribution in [0.25, 0.3) is 0 Å². The predicted octanol–water partition coefficient (Wildman–Crippen LogP) is 4.87. The summed E-state index contributed by atoms with van der Waals surface area (Å²) in [6.07, 6.45) is 0. The van der Waals surface area contributed by atoms with Gasteiger partial charge in [-0.3, -0.25) is 4.79 Å². The van der Waals surface area contributed by atoms with Crippen LogP contribution >= 0.6 is 23.1 Å². The molecule has 0 spiro atoms. The van der Waals surface area contributed by atoms with Crippen LogP contribution in [-0.4, -0.2) is 26.1 Å². The topological polar surface area (TPSA) is 72.7 Å². The quantitative estimate of drug-likeness (QED) is 0.419. The molecule has 0 saturated heterocycles. The number of carbonyl (C=O) groups is 1. The molecule has 0 bridgehead atoms. The van der Waals surface area contributed by atoms with E-state index in [1.807, 2.05) is 79.9 Å². The predicted molar refractivity (Wildman–Crippen MR) is 121 cm³/mol. The van der Waals surface area contributed by atoms with E-state index in [9.17, 15) is 4.79 Å². The summed E-state index contributed by atoms with van der Waals surface area (Å²) in [7, 11) is 0. The van der Waals surface area contributed by atoms with Gasteiger partial charge in [0.15, 0.2) is 0 Å². The van der Waals surface area contributed by atoms with Crippen molar-refractivity contribution in [2.75, 3.05) is 5.32 Å². The Morgan fingerprint density at radius 1 is 1.13 bits per heavy atom. The molecule has 0 aliphatic rings. The fourth-order valence-corrected chi connectivity index (χ4v) is 4.67. The van der Waals surface area contributed by atoms with Crippen molar-refractivity contribution in [2.24, 2.45) is 0 Å². The van der Waals surface area contributed by atoms with E-state index in [1.165, 1.54) is 11.8 Å². The second-order valence-electron chi connectivity index (χ2n) is 6.91. The van der Waals surface area contributed by atoms with E-state index in [0.717, 1.165) is 27.3 Å². The second-order valence-corrected chi connectivity index (χ2v) is 9.02. The summed E-state index contributed by atoms with van der Waals surface area (Å²) in [5, 5.41) is 17.4. The Bertz CT molecular complexity index is 1130. The van der Waals surface area contributed by atoms with Gasteiger partial charge in [0.05, 0.1) is 6.54 Å². The summed E-state index contributed by atoms with van der Waals surface area (Å²) in [4.78, 5) is 14.5. The highest BCUT2D eigenvalue weighted by Crippen LogP contribution is 2.35. The molecular formula is C22H21N5OS2. The number of rotatable bonds is 7. The largest absolute Gasteiger partial charge is 0.325 e. The lowest BCUT2D eigenvalue weighted by atomic mass is 10.1. The third kappa shape index (κ3) is 4.77. The zero-order valence-electron chi connectivity index (χ0n) is 16.6. The van der Waals surface area contributed by atoms with Crippen LogP contribution < -0.4 is 5.32 Å². The number of benzene rings is 2. The fourth-order valence-electron chi connectivity index (χ4n) is 3.01. The smallest absolute Gasteiger partial charge is 0.242 e. The highest BCUT2D eigenvalue weighted by atomic mass is 32.2. The standard InChI is InChI=1S/C22H21N5OS2/c1-15-10-11-16(2)19(13-15)23-21(28)20(17-7-4-3-5-8-17)30-22-24-25-26-27(22)14-18-9-6-12-29-18/h3-13,20H,14H2,1-2H3,(H,23,28)/t20-/m1/s1. The van der Waals surface area contributed by atoms with E-state index >= 15 is 0 Å². The van der Waals surface area contributed by atoms with Crippen LogP contribution in [0, 0.1) is 13.8 Å². The third-order valence-electron chi connectivity index (χ3n) is 4.60. The lowest BCUT2D eigenvalue weighted by Gasteiger charge is -2.17. The zero-order chi connectivity index (χ0) is 20.9. The van der Waals surface area contributed by atoms with Gasteiger partial charge >= 0.3 is 0 Å². The minimum absolute atomic E-state index is 0.106. The number of aromatic nitrogens is 4. The summed E-state index contributed by atoms with van der Waals surface area (Å²) in [5.41, 5.74) is 3.84.